The number of aromatic nitrogens is 2. The molecule has 0 aromatic carbocycles. The smallest absolute Gasteiger partial charge is 0.319 e. The van der Waals surface area contributed by atoms with Crippen molar-refractivity contribution in [3.8, 4) is 0 Å². The van der Waals surface area contributed by atoms with Gasteiger partial charge in [-0.05, 0) is 19.8 Å². The van der Waals surface area contributed by atoms with Crippen molar-refractivity contribution in [3.05, 3.63) is 18.2 Å². The number of hydrogen-bond acceptors (Lipinski definition) is 3. The van der Waals surface area contributed by atoms with Gasteiger partial charge in [0.15, 0.2) is 5.96 Å². The molecule has 1 saturated carbocycles. The summed E-state index contributed by atoms with van der Waals surface area (Å²) in [6, 6.07) is 0. The Bertz CT molecular complexity index is 629. The normalized spacial score (nSPS) is 16.1. The van der Waals surface area contributed by atoms with Crippen LogP contribution in [0.5, 0.6) is 0 Å². The average Bonchev–Trinajstić information content (AvgIpc) is 3.26. The Morgan fingerprint density at radius 1 is 1.37 bits per heavy atom. The van der Waals surface area contributed by atoms with Gasteiger partial charge in [-0.2, -0.15) is 8.78 Å². The van der Waals surface area contributed by atoms with Crippen LogP contribution in [0.15, 0.2) is 17.4 Å². The van der Waals surface area contributed by atoms with Crippen LogP contribution in [0.1, 0.15) is 45.0 Å². The zero-order chi connectivity index (χ0) is 19.2. The quantitative estimate of drug-likeness (QED) is 0.345. The summed E-state index contributed by atoms with van der Waals surface area (Å²) in [5, 5.41) is 6.31. The zero-order valence-electron chi connectivity index (χ0n) is 16.0. The Labute approximate surface area is 176 Å². The first-order valence-electron chi connectivity index (χ1n) is 8.93. The number of carbonyl (C=O) groups is 1. The second-order valence-corrected chi connectivity index (χ2v) is 6.76. The molecule has 1 amide bonds. The molecule has 1 aromatic rings. The summed E-state index contributed by atoms with van der Waals surface area (Å²) in [6.07, 6.45) is 6.31. The molecule has 2 N–H and O–H groups in total. The third-order valence-corrected chi connectivity index (χ3v) is 4.70. The van der Waals surface area contributed by atoms with Gasteiger partial charge >= 0.3 is 6.55 Å². The molecule has 1 aliphatic rings. The van der Waals surface area contributed by atoms with Crippen molar-refractivity contribution in [2.75, 3.05) is 27.2 Å². The lowest BCUT2D eigenvalue weighted by Gasteiger charge is -2.31. The van der Waals surface area contributed by atoms with Crippen molar-refractivity contribution in [3.63, 3.8) is 0 Å². The summed E-state index contributed by atoms with van der Waals surface area (Å²) in [7, 11) is 3.54. The van der Waals surface area contributed by atoms with Gasteiger partial charge in [0, 0.05) is 39.6 Å². The largest absolute Gasteiger partial charge is 0.357 e. The van der Waals surface area contributed by atoms with Crippen LogP contribution in [0.25, 0.3) is 0 Å². The summed E-state index contributed by atoms with van der Waals surface area (Å²) < 4.78 is 26.6. The monoisotopic (exact) mass is 498 g/mol. The van der Waals surface area contributed by atoms with Crippen molar-refractivity contribution in [2.45, 2.75) is 45.7 Å². The average molecular weight is 498 g/mol. The zero-order valence-corrected chi connectivity index (χ0v) is 18.4. The molecule has 2 rings (SSSR count). The van der Waals surface area contributed by atoms with Crippen molar-refractivity contribution in [1.82, 2.24) is 25.1 Å². The summed E-state index contributed by atoms with van der Waals surface area (Å²) in [5.74, 6) is 0.804. The highest BCUT2D eigenvalue weighted by Crippen LogP contribution is 2.38. The summed E-state index contributed by atoms with van der Waals surface area (Å²) >= 11 is 0. The highest BCUT2D eigenvalue weighted by atomic mass is 127. The number of hydrogen-bond donors (Lipinski definition) is 2. The van der Waals surface area contributed by atoms with E-state index in [4.69, 9.17) is 0 Å². The third kappa shape index (κ3) is 6.01. The lowest BCUT2D eigenvalue weighted by atomic mass is 9.84. The van der Waals surface area contributed by atoms with Gasteiger partial charge in [-0.15, -0.1) is 24.0 Å². The Morgan fingerprint density at radius 2 is 2.04 bits per heavy atom. The van der Waals surface area contributed by atoms with Gasteiger partial charge < -0.3 is 15.5 Å². The number of alkyl halides is 2. The SMILES string of the molecule is CCNC(=NCc1nccn1C(F)F)NCC1(C(=O)N(C)C)CCCC1.I. The van der Waals surface area contributed by atoms with E-state index in [-0.39, 0.29) is 42.3 Å². The Morgan fingerprint density at radius 3 is 2.59 bits per heavy atom. The molecule has 0 saturated heterocycles. The van der Waals surface area contributed by atoms with Crippen LogP contribution < -0.4 is 10.6 Å². The molecular formula is C17H29F2IN6O. The van der Waals surface area contributed by atoms with Crippen LogP contribution in [-0.2, 0) is 11.3 Å². The molecule has 0 aliphatic heterocycles. The second kappa shape index (κ2) is 10.8. The number of guanidine groups is 1. The van der Waals surface area contributed by atoms with Gasteiger partial charge in [-0.25, -0.2) is 9.98 Å². The summed E-state index contributed by atoms with van der Waals surface area (Å²) in [5.41, 5.74) is -0.429. The molecule has 154 valence electrons. The summed E-state index contributed by atoms with van der Waals surface area (Å²) in [6.45, 7) is 0.412. The predicted octanol–water partition coefficient (Wildman–Crippen LogP) is 2.60. The van der Waals surface area contributed by atoms with Crippen LogP contribution in [0.3, 0.4) is 0 Å². The number of carbonyl (C=O) groups excluding carboxylic acids is 1. The van der Waals surface area contributed by atoms with Gasteiger partial charge in [0.25, 0.3) is 0 Å². The molecule has 0 radical (unpaired) electrons. The molecule has 7 nitrogen and oxygen atoms in total. The van der Waals surface area contributed by atoms with Gasteiger partial charge in [0.05, 0.1) is 5.41 Å². The first-order chi connectivity index (χ1) is 12.4. The van der Waals surface area contributed by atoms with Crippen LogP contribution >= 0.6 is 24.0 Å². The molecule has 0 bridgehead atoms. The fourth-order valence-electron chi connectivity index (χ4n) is 3.38. The number of amides is 1. The molecule has 1 aromatic heterocycles. The van der Waals surface area contributed by atoms with Gasteiger partial charge in [-0.3, -0.25) is 9.36 Å². The van der Waals surface area contributed by atoms with Crippen molar-refractivity contribution < 1.29 is 13.6 Å². The van der Waals surface area contributed by atoms with E-state index >= 15 is 0 Å². The van der Waals surface area contributed by atoms with E-state index in [9.17, 15) is 13.6 Å². The number of nitrogens with zero attached hydrogens (tertiary/aromatic N) is 4. The number of aliphatic imine (C=N–C) groups is 1. The fourth-order valence-corrected chi connectivity index (χ4v) is 3.38. The topological polar surface area (TPSA) is 74.5 Å². The van der Waals surface area contributed by atoms with Gasteiger partial charge in [-0.1, -0.05) is 12.8 Å². The van der Waals surface area contributed by atoms with Crippen molar-refractivity contribution in [2.24, 2.45) is 10.4 Å². The van der Waals surface area contributed by atoms with Crippen LogP contribution in [0.4, 0.5) is 8.78 Å². The number of imidazole rings is 1. The third-order valence-electron chi connectivity index (χ3n) is 4.70. The number of halogens is 3. The molecule has 27 heavy (non-hydrogen) atoms. The minimum Gasteiger partial charge on any atom is -0.357 e. The molecule has 0 unspecified atom stereocenters. The second-order valence-electron chi connectivity index (χ2n) is 6.76. The first kappa shape index (κ1) is 23.6. The van der Waals surface area contributed by atoms with Gasteiger partial charge in [0.1, 0.15) is 12.4 Å². The Hall–Kier alpha value is -1.46. The van der Waals surface area contributed by atoms with E-state index in [2.05, 4.69) is 20.6 Å². The van der Waals surface area contributed by atoms with E-state index in [1.54, 1.807) is 19.0 Å². The number of nitrogens with one attached hydrogen (secondary N) is 2. The van der Waals surface area contributed by atoms with E-state index in [0.29, 0.717) is 19.0 Å². The lowest BCUT2D eigenvalue weighted by molar-refractivity contribution is -0.138. The van der Waals surface area contributed by atoms with Crippen LogP contribution in [0, 0.1) is 5.41 Å². The minimum absolute atomic E-state index is 0. The maximum absolute atomic E-state index is 12.9. The molecule has 0 spiro atoms. The maximum atomic E-state index is 12.9. The maximum Gasteiger partial charge on any atom is 0.319 e. The predicted molar refractivity (Wildman–Crippen MR) is 111 cm³/mol. The van der Waals surface area contributed by atoms with Crippen LogP contribution in [-0.4, -0.2) is 53.5 Å². The molecule has 1 fully saturated rings. The minimum atomic E-state index is -2.64. The highest BCUT2D eigenvalue weighted by molar-refractivity contribution is 14.0. The summed E-state index contributed by atoms with van der Waals surface area (Å²) in [4.78, 5) is 22.5. The standard InChI is InChI=1S/C17H28F2N6O.HI/c1-4-20-16(22-11-13-21-9-10-25(13)15(18)19)23-12-17(7-5-6-8-17)14(26)24(2)3;/h9-10,15H,4-8,11-12H2,1-3H3,(H2,20,22,23);1H. The van der Waals surface area contributed by atoms with Gasteiger partial charge in [0.2, 0.25) is 5.91 Å². The Balaban J connectivity index is 0.00000364. The number of rotatable bonds is 7. The molecule has 0 atom stereocenters. The van der Waals surface area contributed by atoms with Crippen molar-refractivity contribution >= 4 is 35.8 Å². The van der Waals surface area contributed by atoms with Crippen molar-refractivity contribution in [1.29, 1.82) is 0 Å². The van der Waals surface area contributed by atoms with E-state index < -0.39 is 12.0 Å². The van der Waals surface area contributed by atoms with E-state index in [1.807, 2.05) is 6.92 Å². The molecule has 10 heteroatoms. The fraction of sp³-hybridized carbons (Fsp3) is 0.706. The highest BCUT2D eigenvalue weighted by Gasteiger charge is 2.42. The Kier molecular flexibility index (Phi) is 9.40. The molecule has 1 heterocycles. The molecular weight excluding hydrogens is 469 g/mol. The van der Waals surface area contributed by atoms with E-state index in [1.165, 1.54) is 12.4 Å². The lowest BCUT2D eigenvalue weighted by Crippen LogP contribution is -2.49. The van der Waals surface area contributed by atoms with E-state index in [0.717, 1.165) is 30.3 Å². The van der Waals surface area contributed by atoms with Crippen LogP contribution in [0.2, 0.25) is 0 Å². The first-order valence-corrected chi connectivity index (χ1v) is 8.93. The molecule has 1 aliphatic carbocycles.